The molecule has 5 aromatic rings. The number of hydrogen-bond donors (Lipinski definition) is 2. The van der Waals surface area contributed by atoms with Gasteiger partial charge in [0.1, 0.15) is 10.3 Å². The van der Waals surface area contributed by atoms with Gasteiger partial charge < -0.3 is 15.4 Å². The maximum atomic E-state index is 14.2. The molecule has 2 atom stereocenters. The van der Waals surface area contributed by atoms with E-state index in [9.17, 15) is 14.4 Å². The van der Waals surface area contributed by atoms with Crippen LogP contribution >= 0.6 is 23.1 Å². The van der Waals surface area contributed by atoms with E-state index in [1.54, 1.807) is 6.92 Å². The van der Waals surface area contributed by atoms with Crippen molar-refractivity contribution >= 4 is 62.3 Å². The lowest BCUT2D eigenvalue weighted by atomic mass is 9.72. The van der Waals surface area contributed by atoms with Crippen LogP contribution in [-0.2, 0) is 22.4 Å². The topological polar surface area (TPSA) is 84.5 Å². The molecule has 2 amide bonds. The summed E-state index contributed by atoms with van der Waals surface area (Å²) >= 11 is 2.90. The van der Waals surface area contributed by atoms with Gasteiger partial charge in [-0.25, -0.2) is 4.79 Å². The molecular weight excluding hydrogens is 637 g/mol. The summed E-state index contributed by atoms with van der Waals surface area (Å²) in [5.41, 5.74) is 3.68. The number of esters is 1. The highest BCUT2D eigenvalue weighted by atomic mass is 32.2. The number of ether oxygens (including phenoxy) is 1. The third kappa shape index (κ3) is 7.50. The van der Waals surface area contributed by atoms with Gasteiger partial charge in [0.15, 0.2) is 0 Å². The molecule has 2 N–H and O–H groups in total. The third-order valence-corrected chi connectivity index (χ3v) is 11.3. The Bertz CT molecular complexity index is 1960. The normalized spacial score (nSPS) is 15.0. The Morgan fingerprint density at radius 1 is 0.896 bits per heavy atom. The van der Waals surface area contributed by atoms with Crippen LogP contribution in [0.3, 0.4) is 0 Å². The van der Waals surface area contributed by atoms with E-state index < -0.39 is 11.2 Å². The lowest BCUT2D eigenvalue weighted by Gasteiger charge is -2.33. The van der Waals surface area contributed by atoms with E-state index in [1.807, 2.05) is 97.1 Å². The van der Waals surface area contributed by atoms with E-state index in [0.29, 0.717) is 27.7 Å². The highest BCUT2D eigenvalue weighted by molar-refractivity contribution is 8.00. The Morgan fingerprint density at radius 3 is 2.40 bits per heavy atom. The van der Waals surface area contributed by atoms with Gasteiger partial charge in [-0.3, -0.25) is 9.59 Å². The van der Waals surface area contributed by atoms with Gasteiger partial charge >= 0.3 is 5.97 Å². The van der Waals surface area contributed by atoms with E-state index in [1.165, 1.54) is 23.1 Å². The first-order valence-electron chi connectivity index (χ1n) is 16.3. The molecule has 1 heterocycles. The van der Waals surface area contributed by atoms with Crippen molar-refractivity contribution in [2.75, 3.05) is 17.2 Å². The zero-order valence-electron chi connectivity index (χ0n) is 27.7. The van der Waals surface area contributed by atoms with Crippen molar-refractivity contribution in [1.29, 1.82) is 0 Å². The van der Waals surface area contributed by atoms with Crippen molar-refractivity contribution in [3.63, 3.8) is 0 Å². The molecular formula is C40H40N2O4S2. The standard InChI is InChI=1S/C40H40N2O4S2/c1-5-46-39(45)34-32-21-20-29(40(2,3)4)23-33(32)48-38(34)42-37(44)35(26-13-7-6-8-14-26)47-31-17-11-16-30(24-31)41-36(43)28-19-18-25-12-9-10-15-27(25)22-28/h6-19,22,24,29,35H,5,20-21,23H2,1-4H3,(H,41,43)(H,42,44). The predicted octanol–water partition coefficient (Wildman–Crippen LogP) is 9.95. The molecule has 0 bridgehead atoms. The van der Waals surface area contributed by atoms with Crippen LogP contribution in [0.1, 0.15) is 76.1 Å². The highest BCUT2D eigenvalue weighted by Gasteiger charge is 2.35. The van der Waals surface area contributed by atoms with Crippen LogP contribution in [-0.4, -0.2) is 24.4 Å². The monoisotopic (exact) mass is 676 g/mol. The lowest BCUT2D eigenvalue weighted by Crippen LogP contribution is -2.26. The molecule has 1 aliphatic rings. The fourth-order valence-electron chi connectivity index (χ4n) is 6.23. The number of anilines is 2. The minimum absolute atomic E-state index is 0.147. The molecule has 0 saturated heterocycles. The number of nitrogens with one attached hydrogen (secondary N) is 2. The number of thioether (sulfide) groups is 1. The average molecular weight is 677 g/mol. The summed E-state index contributed by atoms with van der Waals surface area (Å²) in [6.07, 6.45) is 2.65. The van der Waals surface area contributed by atoms with Crippen molar-refractivity contribution < 1.29 is 19.1 Å². The second-order valence-corrected chi connectivity index (χ2v) is 15.5. The van der Waals surface area contributed by atoms with E-state index in [-0.39, 0.29) is 23.8 Å². The van der Waals surface area contributed by atoms with Gasteiger partial charge in [0, 0.05) is 21.0 Å². The maximum absolute atomic E-state index is 14.2. The zero-order valence-corrected chi connectivity index (χ0v) is 29.3. The van der Waals surface area contributed by atoms with Crippen LogP contribution in [0.5, 0.6) is 0 Å². The van der Waals surface area contributed by atoms with Crippen molar-refractivity contribution in [2.45, 2.75) is 57.1 Å². The molecule has 6 nitrogen and oxygen atoms in total. The van der Waals surface area contributed by atoms with Crippen molar-refractivity contribution in [3.05, 3.63) is 124 Å². The summed E-state index contributed by atoms with van der Waals surface area (Å²) < 4.78 is 5.48. The van der Waals surface area contributed by atoms with Crippen molar-refractivity contribution in [3.8, 4) is 0 Å². The van der Waals surface area contributed by atoms with Crippen LogP contribution in [0.15, 0.2) is 102 Å². The molecule has 2 unspecified atom stereocenters. The summed E-state index contributed by atoms with van der Waals surface area (Å²) in [5.74, 6) is -0.336. The molecule has 0 radical (unpaired) electrons. The Labute approximate surface area is 290 Å². The predicted molar refractivity (Wildman–Crippen MR) is 197 cm³/mol. The largest absolute Gasteiger partial charge is 0.462 e. The second kappa shape index (κ2) is 14.4. The first kappa shape index (κ1) is 33.5. The van der Waals surface area contributed by atoms with Crippen molar-refractivity contribution in [2.24, 2.45) is 11.3 Å². The summed E-state index contributed by atoms with van der Waals surface area (Å²) in [6, 6.07) is 30.7. The fraction of sp³-hybridized carbons (Fsp3) is 0.275. The quantitative estimate of drug-likeness (QED) is 0.120. The van der Waals surface area contributed by atoms with Gasteiger partial charge in [0.25, 0.3) is 5.91 Å². The van der Waals surface area contributed by atoms with E-state index >= 15 is 0 Å². The summed E-state index contributed by atoms with van der Waals surface area (Å²) in [5, 5.41) is 8.17. The number of fused-ring (bicyclic) bond motifs is 2. The molecule has 8 heteroatoms. The summed E-state index contributed by atoms with van der Waals surface area (Å²) in [4.78, 5) is 42.6. The second-order valence-electron chi connectivity index (χ2n) is 13.2. The first-order chi connectivity index (χ1) is 23.1. The molecule has 246 valence electrons. The minimum atomic E-state index is -0.617. The lowest BCUT2D eigenvalue weighted by molar-refractivity contribution is -0.115. The molecule has 6 rings (SSSR count). The van der Waals surface area contributed by atoms with Crippen molar-refractivity contribution in [1.82, 2.24) is 0 Å². The Hall–Kier alpha value is -4.40. The van der Waals surface area contributed by atoms with Gasteiger partial charge in [-0.15, -0.1) is 23.1 Å². The molecule has 0 fully saturated rings. The van der Waals surface area contributed by atoms with Crippen LogP contribution in [0, 0.1) is 11.3 Å². The smallest absolute Gasteiger partial charge is 0.341 e. The fourth-order valence-corrected chi connectivity index (χ4v) is 8.63. The highest BCUT2D eigenvalue weighted by Crippen LogP contribution is 2.45. The molecule has 1 aromatic heterocycles. The van der Waals surface area contributed by atoms with Gasteiger partial charge in [0.05, 0.1) is 12.2 Å². The number of rotatable bonds is 9. The van der Waals surface area contributed by atoms with E-state index in [0.717, 1.165) is 50.9 Å². The maximum Gasteiger partial charge on any atom is 0.341 e. The van der Waals surface area contributed by atoms with E-state index in [4.69, 9.17) is 4.74 Å². The first-order valence-corrected chi connectivity index (χ1v) is 18.0. The SMILES string of the molecule is CCOC(=O)c1c(NC(=O)C(Sc2cccc(NC(=O)c3ccc4ccccc4c3)c2)c2ccccc2)sc2c1CCC(C(C)(C)C)C2. The molecule has 4 aromatic carbocycles. The van der Waals surface area contributed by atoms with Gasteiger partial charge in [-0.05, 0) is 89.8 Å². The van der Waals surface area contributed by atoms with Gasteiger partial charge in [-0.2, -0.15) is 0 Å². The molecule has 1 aliphatic carbocycles. The minimum Gasteiger partial charge on any atom is -0.462 e. The summed E-state index contributed by atoms with van der Waals surface area (Å²) in [7, 11) is 0. The van der Waals surface area contributed by atoms with Crippen LogP contribution in [0.2, 0.25) is 0 Å². The average Bonchev–Trinajstić information content (AvgIpc) is 3.44. The number of thiophene rings is 1. The Kier molecular flexibility index (Phi) is 10.0. The molecule has 0 aliphatic heterocycles. The van der Waals surface area contributed by atoms with Crippen LogP contribution in [0.25, 0.3) is 10.8 Å². The number of hydrogen-bond acceptors (Lipinski definition) is 6. The number of carbonyl (C=O) groups is 3. The third-order valence-electron chi connectivity index (χ3n) is 8.90. The summed E-state index contributed by atoms with van der Waals surface area (Å²) in [6.45, 7) is 8.84. The van der Waals surface area contributed by atoms with E-state index in [2.05, 4.69) is 31.4 Å². The number of carbonyl (C=O) groups excluding carboxylic acids is 3. The van der Waals surface area contributed by atoms with Crippen LogP contribution in [0.4, 0.5) is 10.7 Å². The van der Waals surface area contributed by atoms with Gasteiger partial charge in [0.2, 0.25) is 5.91 Å². The van der Waals surface area contributed by atoms with Gasteiger partial charge in [-0.1, -0.05) is 87.5 Å². The molecule has 48 heavy (non-hydrogen) atoms. The molecule has 0 saturated carbocycles. The Balaban J connectivity index is 1.25. The Morgan fingerprint density at radius 2 is 1.65 bits per heavy atom. The van der Waals surface area contributed by atoms with Crippen LogP contribution < -0.4 is 10.6 Å². The molecule has 0 spiro atoms. The number of benzene rings is 4. The number of amides is 2. The zero-order chi connectivity index (χ0) is 33.8.